The van der Waals surface area contributed by atoms with E-state index < -0.39 is 0 Å². The third kappa shape index (κ3) is 29.5. The Hall–Kier alpha value is -0.660. The molecule has 208 valence electrons. The number of ketones is 2. The molecule has 0 aromatic heterocycles. The second kappa shape index (κ2) is 29.6. The highest BCUT2D eigenvalue weighted by Gasteiger charge is 2.08. The van der Waals surface area contributed by atoms with Crippen molar-refractivity contribution in [3.63, 3.8) is 0 Å². The molecule has 0 rings (SSSR count). The fourth-order valence-corrected chi connectivity index (χ4v) is 5.08. The van der Waals surface area contributed by atoms with Crippen molar-refractivity contribution < 1.29 is 9.59 Å². The van der Waals surface area contributed by atoms with Gasteiger partial charge in [-0.05, 0) is 12.8 Å². The Morgan fingerprint density at radius 2 is 0.514 bits per heavy atom. The predicted octanol–water partition coefficient (Wildman–Crippen LogP) is 11.5. The van der Waals surface area contributed by atoms with E-state index in [1.807, 2.05) is 0 Å². The summed E-state index contributed by atoms with van der Waals surface area (Å²) in [6, 6.07) is 0. The minimum absolute atomic E-state index is 0.150. The van der Waals surface area contributed by atoms with Crippen LogP contribution < -0.4 is 0 Å². The molecule has 0 aromatic carbocycles. The van der Waals surface area contributed by atoms with E-state index in [4.69, 9.17) is 0 Å². The van der Waals surface area contributed by atoms with Crippen LogP contribution in [0.4, 0.5) is 0 Å². The van der Waals surface area contributed by atoms with Crippen LogP contribution in [0.5, 0.6) is 0 Å². The number of hydrogen-bond donors (Lipinski definition) is 0. The van der Waals surface area contributed by atoms with Crippen molar-refractivity contribution in [3.8, 4) is 0 Å². The Balaban J connectivity index is 3.16. The first kappa shape index (κ1) is 34.3. The Bertz CT molecular complexity index is 442. The number of unbranched alkanes of at least 4 members (excludes halogenated alkanes) is 24. The van der Waals surface area contributed by atoms with Crippen molar-refractivity contribution in [1.29, 1.82) is 0 Å². The lowest BCUT2D eigenvalue weighted by molar-refractivity contribution is -0.127. The monoisotopic (exact) mass is 492 g/mol. The predicted molar refractivity (Wildman–Crippen MR) is 155 cm³/mol. The number of carbonyl (C=O) groups excluding carboxylic acids is 2. The molecule has 0 aliphatic rings. The van der Waals surface area contributed by atoms with E-state index in [0.29, 0.717) is 12.8 Å². The molecule has 0 fully saturated rings. The highest BCUT2D eigenvalue weighted by molar-refractivity contribution is 5.98. The van der Waals surface area contributed by atoms with Gasteiger partial charge < -0.3 is 0 Å². The molecule has 0 aliphatic heterocycles. The van der Waals surface area contributed by atoms with Crippen molar-refractivity contribution in [2.75, 3.05) is 0 Å². The molecule has 35 heavy (non-hydrogen) atoms. The molecule has 0 amide bonds. The van der Waals surface area contributed by atoms with Crippen molar-refractivity contribution in [2.45, 2.75) is 200 Å². The maximum atomic E-state index is 11.9. The van der Waals surface area contributed by atoms with E-state index in [1.54, 1.807) is 0 Å². The maximum Gasteiger partial charge on any atom is 0.140 e. The fraction of sp³-hybridized carbons (Fsp3) is 0.939. The number of hydrogen-bond acceptors (Lipinski definition) is 2. The van der Waals surface area contributed by atoms with Crippen LogP contribution in [0.3, 0.4) is 0 Å². The summed E-state index contributed by atoms with van der Waals surface area (Å²) in [5.74, 6) is 0.313. The summed E-state index contributed by atoms with van der Waals surface area (Å²) in [6.07, 6.45) is 36.5. The van der Waals surface area contributed by atoms with E-state index in [0.717, 1.165) is 32.1 Å². The highest BCUT2D eigenvalue weighted by Crippen LogP contribution is 2.16. The van der Waals surface area contributed by atoms with Gasteiger partial charge in [-0.3, -0.25) is 9.59 Å². The molecule has 0 heterocycles. The summed E-state index contributed by atoms with van der Waals surface area (Å²) in [5.41, 5.74) is 0. The molecule has 0 atom stereocenters. The molecular formula is C33H64O2. The summed E-state index contributed by atoms with van der Waals surface area (Å²) in [7, 11) is 0. The molecule has 0 saturated carbocycles. The van der Waals surface area contributed by atoms with E-state index >= 15 is 0 Å². The van der Waals surface area contributed by atoms with Gasteiger partial charge in [0.1, 0.15) is 11.6 Å². The average molecular weight is 493 g/mol. The van der Waals surface area contributed by atoms with Crippen LogP contribution in [-0.4, -0.2) is 11.6 Å². The van der Waals surface area contributed by atoms with Gasteiger partial charge in [0.2, 0.25) is 0 Å². The normalized spacial score (nSPS) is 11.3. The summed E-state index contributed by atoms with van der Waals surface area (Å²) in [5, 5.41) is 0. The van der Waals surface area contributed by atoms with Crippen LogP contribution in [-0.2, 0) is 9.59 Å². The Morgan fingerprint density at radius 3 is 0.800 bits per heavy atom. The molecule has 0 N–H and O–H groups in total. The number of carbonyl (C=O) groups is 2. The van der Waals surface area contributed by atoms with E-state index in [2.05, 4.69) is 13.8 Å². The van der Waals surface area contributed by atoms with Gasteiger partial charge in [0.25, 0.3) is 0 Å². The second-order valence-electron chi connectivity index (χ2n) is 11.2. The van der Waals surface area contributed by atoms with Gasteiger partial charge in [-0.1, -0.05) is 168 Å². The van der Waals surface area contributed by atoms with Gasteiger partial charge in [0.15, 0.2) is 0 Å². The largest absolute Gasteiger partial charge is 0.299 e. The first-order valence-corrected chi connectivity index (χ1v) is 16.2. The van der Waals surface area contributed by atoms with E-state index in [-0.39, 0.29) is 18.0 Å². The van der Waals surface area contributed by atoms with E-state index in [9.17, 15) is 9.59 Å². The Labute approximate surface area is 221 Å². The third-order valence-electron chi connectivity index (χ3n) is 7.51. The van der Waals surface area contributed by atoms with Crippen LogP contribution in [0, 0.1) is 0 Å². The fourth-order valence-electron chi connectivity index (χ4n) is 5.08. The van der Waals surface area contributed by atoms with Crippen molar-refractivity contribution in [2.24, 2.45) is 0 Å². The lowest BCUT2D eigenvalue weighted by Crippen LogP contribution is -2.07. The average Bonchev–Trinajstić information content (AvgIpc) is 2.84. The second-order valence-corrected chi connectivity index (χ2v) is 11.2. The van der Waals surface area contributed by atoms with Crippen LogP contribution in [0.1, 0.15) is 200 Å². The maximum absolute atomic E-state index is 11.9. The van der Waals surface area contributed by atoms with E-state index in [1.165, 1.54) is 135 Å². The first-order valence-electron chi connectivity index (χ1n) is 16.2. The molecule has 0 aromatic rings. The summed E-state index contributed by atoms with van der Waals surface area (Å²) >= 11 is 0. The van der Waals surface area contributed by atoms with Gasteiger partial charge in [-0.15, -0.1) is 0 Å². The Kier molecular flexibility index (Phi) is 29.0. The first-order chi connectivity index (χ1) is 17.2. The van der Waals surface area contributed by atoms with Crippen molar-refractivity contribution in [3.05, 3.63) is 0 Å². The zero-order valence-electron chi connectivity index (χ0n) is 24.3. The minimum Gasteiger partial charge on any atom is -0.299 e. The summed E-state index contributed by atoms with van der Waals surface area (Å²) < 4.78 is 0. The quantitative estimate of drug-likeness (QED) is 0.0737. The molecule has 2 heteroatoms. The smallest absolute Gasteiger partial charge is 0.140 e. The van der Waals surface area contributed by atoms with Crippen molar-refractivity contribution in [1.82, 2.24) is 0 Å². The van der Waals surface area contributed by atoms with Crippen LogP contribution in [0.25, 0.3) is 0 Å². The lowest BCUT2D eigenvalue weighted by atomic mass is 10.0. The van der Waals surface area contributed by atoms with Gasteiger partial charge in [-0.25, -0.2) is 0 Å². The summed E-state index contributed by atoms with van der Waals surface area (Å²) in [6.45, 7) is 4.43. The Morgan fingerprint density at radius 1 is 0.314 bits per heavy atom. The molecular weight excluding hydrogens is 428 g/mol. The van der Waals surface area contributed by atoms with Gasteiger partial charge in [0.05, 0.1) is 6.42 Å². The molecule has 0 spiro atoms. The topological polar surface area (TPSA) is 34.1 Å². The molecule has 0 bridgehead atoms. The van der Waals surface area contributed by atoms with Gasteiger partial charge in [0, 0.05) is 12.8 Å². The standard InChI is InChI=1S/C33H64O2/c1-3-5-7-8-9-10-11-12-13-14-15-16-17-18-19-20-21-22-23-24-25-26-28-30-33(35)31-32(34)29-27-6-4-2/h3-31H2,1-2H3. The van der Waals surface area contributed by atoms with Gasteiger partial charge in [-0.2, -0.15) is 0 Å². The zero-order valence-corrected chi connectivity index (χ0v) is 24.3. The minimum atomic E-state index is 0.150. The molecule has 0 aliphatic carbocycles. The SMILES string of the molecule is CCCCCCCCCCCCCCCCCCCCCCCCCC(=O)CC(=O)CCCCC. The lowest BCUT2D eigenvalue weighted by Gasteiger charge is -2.04. The number of Topliss-reactive ketones (excluding diaryl/α,β-unsaturated/α-hetero) is 2. The molecule has 0 radical (unpaired) electrons. The number of rotatable bonds is 30. The van der Waals surface area contributed by atoms with Gasteiger partial charge >= 0.3 is 0 Å². The molecule has 0 unspecified atom stereocenters. The van der Waals surface area contributed by atoms with Crippen molar-refractivity contribution >= 4 is 11.6 Å². The highest BCUT2D eigenvalue weighted by atomic mass is 16.1. The van der Waals surface area contributed by atoms with Crippen LogP contribution in [0.15, 0.2) is 0 Å². The molecule has 2 nitrogen and oxygen atoms in total. The molecule has 0 saturated heterocycles. The van der Waals surface area contributed by atoms with Crippen LogP contribution in [0.2, 0.25) is 0 Å². The summed E-state index contributed by atoms with van der Waals surface area (Å²) in [4.78, 5) is 23.6. The zero-order chi connectivity index (χ0) is 25.7. The van der Waals surface area contributed by atoms with Crippen LogP contribution >= 0.6 is 0 Å². The third-order valence-corrected chi connectivity index (χ3v) is 7.51.